The van der Waals surface area contributed by atoms with Crippen LogP contribution >= 0.6 is 23.2 Å². The molecule has 0 amide bonds. The molecule has 0 unspecified atom stereocenters. The SMILES string of the molecule is Fc1cc(OCCCCl)cc(F)c1CCl. The maximum Gasteiger partial charge on any atom is 0.134 e. The summed E-state index contributed by atoms with van der Waals surface area (Å²) in [4.78, 5) is 0. The van der Waals surface area contributed by atoms with Gasteiger partial charge in [-0.25, -0.2) is 8.78 Å². The maximum atomic E-state index is 13.2. The van der Waals surface area contributed by atoms with Crippen LogP contribution in [0.2, 0.25) is 0 Å². The van der Waals surface area contributed by atoms with Crippen molar-refractivity contribution in [2.75, 3.05) is 12.5 Å². The lowest BCUT2D eigenvalue weighted by molar-refractivity contribution is 0.314. The van der Waals surface area contributed by atoms with Crippen LogP contribution in [0.25, 0.3) is 0 Å². The minimum atomic E-state index is -0.689. The molecule has 1 nitrogen and oxygen atoms in total. The molecular weight excluding hydrogens is 245 g/mol. The number of rotatable bonds is 5. The molecule has 1 rings (SSSR count). The normalized spacial score (nSPS) is 10.4. The average Bonchev–Trinajstić information content (AvgIpc) is 2.18. The van der Waals surface area contributed by atoms with E-state index in [-0.39, 0.29) is 17.2 Å². The second-order valence-electron chi connectivity index (χ2n) is 2.89. The van der Waals surface area contributed by atoms with Gasteiger partial charge in [0, 0.05) is 23.6 Å². The zero-order chi connectivity index (χ0) is 11.3. The molecule has 0 aliphatic rings. The van der Waals surface area contributed by atoms with Gasteiger partial charge in [0.25, 0.3) is 0 Å². The Kier molecular flexibility index (Phi) is 5.12. The predicted molar refractivity (Wildman–Crippen MR) is 56.7 cm³/mol. The Balaban J connectivity index is 2.75. The molecule has 5 heteroatoms. The third-order valence-electron chi connectivity index (χ3n) is 1.79. The first kappa shape index (κ1) is 12.5. The van der Waals surface area contributed by atoms with E-state index in [9.17, 15) is 8.78 Å². The van der Waals surface area contributed by atoms with Crippen LogP contribution in [-0.4, -0.2) is 12.5 Å². The van der Waals surface area contributed by atoms with Crippen molar-refractivity contribution >= 4 is 23.2 Å². The molecular formula is C10H10Cl2F2O. The van der Waals surface area contributed by atoms with Gasteiger partial charge in [-0.05, 0) is 6.42 Å². The van der Waals surface area contributed by atoms with Gasteiger partial charge in [0.05, 0.1) is 12.5 Å². The highest BCUT2D eigenvalue weighted by Gasteiger charge is 2.10. The molecule has 0 atom stereocenters. The first-order chi connectivity index (χ1) is 7.19. The lowest BCUT2D eigenvalue weighted by Gasteiger charge is -2.07. The average molecular weight is 255 g/mol. The standard InChI is InChI=1S/C10H10Cl2F2O/c11-2-1-3-15-7-4-9(13)8(6-12)10(14)5-7/h4-5H,1-3,6H2. The van der Waals surface area contributed by atoms with Gasteiger partial charge >= 0.3 is 0 Å². The van der Waals surface area contributed by atoms with Crippen molar-refractivity contribution in [2.45, 2.75) is 12.3 Å². The van der Waals surface area contributed by atoms with Crippen molar-refractivity contribution in [3.63, 3.8) is 0 Å². The Morgan fingerprint density at radius 1 is 1.13 bits per heavy atom. The van der Waals surface area contributed by atoms with Gasteiger partial charge in [0.2, 0.25) is 0 Å². The molecule has 0 spiro atoms. The second-order valence-corrected chi connectivity index (χ2v) is 3.54. The van der Waals surface area contributed by atoms with E-state index in [0.717, 1.165) is 12.1 Å². The Morgan fingerprint density at radius 3 is 2.20 bits per heavy atom. The molecule has 0 aliphatic carbocycles. The van der Waals surface area contributed by atoms with E-state index in [1.807, 2.05) is 0 Å². The topological polar surface area (TPSA) is 9.23 Å². The number of alkyl halides is 2. The summed E-state index contributed by atoms with van der Waals surface area (Å²) < 4.78 is 31.5. The van der Waals surface area contributed by atoms with Gasteiger partial charge in [0.1, 0.15) is 17.4 Å². The molecule has 0 N–H and O–H groups in total. The molecule has 0 aliphatic heterocycles. The summed E-state index contributed by atoms with van der Waals surface area (Å²) in [5, 5.41) is 0. The van der Waals surface area contributed by atoms with Crippen LogP contribution in [0.3, 0.4) is 0 Å². The van der Waals surface area contributed by atoms with E-state index in [2.05, 4.69) is 0 Å². The van der Waals surface area contributed by atoms with Crippen LogP contribution in [0.1, 0.15) is 12.0 Å². The minimum Gasteiger partial charge on any atom is -0.493 e. The molecule has 0 fully saturated rings. The van der Waals surface area contributed by atoms with Crippen molar-refractivity contribution in [3.05, 3.63) is 29.3 Å². The number of hydrogen-bond acceptors (Lipinski definition) is 1. The summed E-state index contributed by atoms with van der Waals surface area (Å²) in [5.41, 5.74) is -0.138. The fraction of sp³-hybridized carbons (Fsp3) is 0.400. The van der Waals surface area contributed by atoms with Crippen LogP contribution in [0.4, 0.5) is 8.78 Å². The van der Waals surface area contributed by atoms with Crippen molar-refractivity contribution in [1.82, 2.24) is 0 Å². The Bertz CT molecular complexity index is 308. The van der Waals surface area contributed by atoms with Gasteiger partial charge in [-0.1, -0.05) is 0 Å². The van der Waals surface area contributed by atoms with Crippen LogP contribution in [-0.2, 0) is 5.88 Å². The van der Waals surface area contributed by atoms with Crippen molar-refractivity contribution in [2.24, 2.45) is 0 Å². The Labute approximate surface area is 96.9 Å². The molecule has 0 saturated carbocycles. The number of ether oxygens (including phenoxy) is 1. The summed E-state index contributed by atoms with van der Waals surface area (Å²) in [5.74, 6) is -0.967. The van der Waals surface area contributed by atoms with Crippen molar-refractivity contribution in [1.29, 1.82) is 0 Å². The predicted octanol–water partition coefficient (Wildman–Crippen LogP) is 3.71. The molecule has 84 valence electrons. The van der Waals surface area contributed by atoms with Gasteiger partial charge in [0.15, 0.2) is 0 Å². The monoisotopic (exact) mass is 254 g/mol. The fourth-order valence-corrected chi connectivity index (χ4v) is 1.40. The van der Waals surface area contributed by atoms with E-state index < -0.39 is 11.6 Å². The molecule has 1 aromatic rings. The van der Waals surface area contributed by atoms with Crippen LogP contribution < -0.4 is 4.74 Å². The number of halogens is 4. The van der Waals surface area contributed by atoms with Crippen LogP contribution in [0.15, 0.2) is 12.1 Å². The van der Waals surface area contributed by atoms with Crippen LogP contribution in [0.5, 0.6) is 5.75 Å². The molecule has 1 aromatic carbocycles. The Hall–Kier alpha value is -0.540. The highest BCUT2D eigenvalue weighted by Crippen LogP contribution is 2.22. The maximum absolute atomic E-state index is 13.2. The van der Waals surface area contributed by atoms with Crippen molar-refractivity contribution in [3.8, 4) is 5.75 Å². The molecule has 15 heavy (non-hydrogen) atoms. The summed E-state index contributed by atoms with van der Waals surface area (Å²) in [6, 6.07) is 2.24. The van der Waals surface area contributed by atoms with Gasteiger partial charge in [-0.2, -0.15) is 0 Å². The summed E-state index contributed by atoms with van der Waals surface area (Å²) in [6.45, 7) is 0.336. The lowest BCUT2D eigenvalue weighted by Crippen LogP contribution is -2.00. The summed E-state index contributed by atoms with van der Waals surface area (Å²) >= 11 is 10.8. The lowest BCUT2D eigenvalue weighted by atomic mass is 10.2. The minimum absolute atomic E-state index is 0.138. The molecule has 0 saturated heterocycles. The third kappa shape index (κ3) is 3.50. The summed E-state index contributed by atoms with van der Waals surface area (Å²) in [7, 11) is 0. The largest absolute Gasteiger partial charge is 0.493 e. The molecule has 0 bridgehead atoms. The smallest absolute Gasteiger partial charge is 0.134 e. The highest BCUT2D eigenvalue weighted by atomic mass is 35.5. The van der Waals surface area contributed by atoms with Crippen LogP contribution in [0, 0.1) is 11.6 Å². The van der Waals surface area contributed by atoms with E-state index >= 15 is 0 Å². The van der Waals surface area contributed by atoms with Gasteiger partial charge < -0.3 is 4.74 Å². The second kappa shape index (κ2) is 6.13. The number of hydrogen-bond donors (Lipinski definition) is 0. The van der Waals surface area contributed by atoms with Crippen molar-refractivity contribution < 1.29 is 13.5 Å². The quantitative estimate of drug-likeness (QED) is 0.575. The third-order valence-corrected chi connectivity index (χ3v) is 2.33. The first-order valence-electron chi connectivity index (χ1n) is 4.41. The Morgan fingerprint density at radius 2 is 1.73 bits per heavy atom. The van der Waals surface area contributed by atoms with E-state index in [4.69, 9.17) is 27.9 Å². The fourth-order valence-electron chi connectivity index (χ4n) is 1.04. The van der Waals surface area contributed by atoms with E-state index in [0.29, 0.717) is 18.9 Å². The number of benzene rings is 1. The zero-order valence-electron chi connectivity index (χ0n) is 7.90. The van der Waals surface area contributed by atoms with E-state index in [1.54, 1.807) is 0 Å². The molecule has 0 heterocycles. The zero-order valence-corrected chi connectivity index (χ0v) is 9.42. The summed E-state index contributed by atoms with van der Waals surface area (Å²) in [6.07, 6.45) is 0.627. The van der Waals surface area contributed by atoms with E-state index in [1.165, 1.54) is 0 Å². The van der Waals surface area contributed by atoms with Gasteiger partial charge in [-0.15, -0.1) is 23.2 Å². The van der Waals surface area contributed by atoms with Gasteiger partial charge in [-0.3, -0.25) is 0 Å². The highest BCUT2D eigenvalue weighted by molar-refractivity contribution is 6.17. The molecule has 0 aromatic heterocycles. The first-order valence-corrected chi connectivity index (χ1v) is 5.48. The molecule has 0 radical (unpaired) electrons.